The smallest absolute Gasteiger partial charge is 0.390 e. The fraction of sp³-hybridized carbons (Fsp3) is 0.500. The van der Waals surface area contributed by atoms with E-state index in [1.807, 2.05) is 0 Å². The molecule has 20 heteroatoms. The van der Waals surface area contributed by atoms with Gasteiger partial charge in [-0.3, -0.25) is 13.9 Å². The lowest BCUT2D eigenvalue weighted by Crippen LogP contribution is -2.26. The van der Waals surface area contributed by atoms with Crippen LogP contribution in [-0.2, 0) is 31.6 Å². The Morgan fingerprint density at radius 1 is 1.17 bits per heavy atom. The minimum atomic E-state index is -5.65. The molecule has 3 rings (SSSR count). The molecule has 30 heavy (non-hydrogen) atoms. The van der Waals surface area contributed by atoms with Gasteiger partial charge in [0, 0.05) is 6.42 Å². The quantitative estimate of drug-likeness (QED) is 0.244. The summed E-state index contributed by atoms with van der Waals surface area (Å²) >= 11 is 0. The number of aromatic nitrogens is 4. The van der Waals surface area contributed by atoms with Crippen molar-refractivity contribution in [3.05, 3.63) is 23.0 Å². The average molecular weight is 492 g/mol. The highest BCUT2D eigenvalue weighted by molar-refractivity contribution is 7.66. The zero-order valence-corrected chi connectivity index (χ0v) is 17.2. The molecule has 5 atom stereocenters. The molecule has 2 aromatic rings. The molecule has 1 fully saturated rings. The Labute approximate surface area is 165 Å². The van der Waals surface area contributed by atoms with Crippen LogP contribution < -0.4 is 5.56 Å². The van der Waals surface area contributed by atoms with Crippen LogP contribution in [0.1, 0.15) is 12.6 Å². The van der Waals surface area contributed by atoms with E-state index in [1.165, 1.54) is 10.9 Å². The molecule has 0 amide bonds. The highest BCUT2D eigenvalue weighted by atomic mass is 31.3. The standard InChI is InChI=1S/C10H15N4O13P3/c15-5-1-7(14-4-13-8-9(14)11-3-12-10(8)16)25-6(5)2-24-29(20,21)27-30(22,23)26-28(17,18)19/h3-7,15H,1-2H2,(H,20,21)(H,22,23)(H,11,12,16)(H2,17,18,19). The molecule has 0 aliphatic carbocycles. The lowest BCUT2D eigenvalue weighted by Gasteiger charge is -2.19. The summed E-state index contributed by atoms with van der Waals surface area (Å²) < 4.78 is 52.1. The maximum absolute atomic E-state index is 11.7. The van der Waals surface area contributed by atoms with Gasteiger partial charge in [-0.25, -0.2) is 23.7 Å². The largest absolute Gasteiger partial charge is 0.490 e. The molecule has 1 saturated heterocycles. The predicted octanol–water partition coefficient (Wildman–Crippen LogP) is -0.889. The first-order chi connectivity index (χ1) is 13.8. The van der Waals surface area contributed by atoms with Crippen molar-refractivity contribution in [2.75, 3.05) is 6.61 Å². The van der Waals surface area contributed by atoms with Crippen molar-refractivity contribution in [2.45, 2.75) is 24.9 Å². The van der Waals surface area contributed by atoms with Gasteiger partial charge in [0.05, 0.1) is 25.4 Å². The molecule has 3 heterocycles. The molecule has 0 spiro atoms. The highest BCUT2D eigenvalue weighted by Gasteiger charge is 2.43. The van der Waals surface area contributed by atoms with Crippen molar-refractivity contribution in [2.24, 2.45) is 0 Å². The summed E-state index contributed by atoms with van der Waals surface area (Å²) in [5.41, 5.74) is -0.321. The molecule has 168 valence electrons. The summed E-state index contributed by atoms with van der Waals surface area (Å²) in [4.78, 5) is 57.4. The van der Waals surface area contributed by atoms with Crippen LogP contribution in [0.4, 0.5) is 0 Å². The van der Waals surface area contributed by atoms with Crippen LogP contribution in [0, 0.1) is 0 Å². The van der Waals surface area contributed by atoms with Crippen molar-refractivity contribution in [3.63, 3.8) is 0 Å². The lowest BCUT2D eigenvalue weighted by atomic mass is 10.2. The van der Waals surface area contributed by atoms with Crippen molar-refractivity contribution in [1.29, 1.82) is 0 Å². The van der Waals surface area contributed by atoms with Gasteiger partial charge in [-0.1, -0.05) is 0 Å². The maximum Gasteiger partial charge on any atom is 0.490 e. The number of ether oxygens (including phenoxy) is 1. The van der Waals surface area contributed by atoms with Crippen LogP contribution in [0.2, 0.25) is 0 Å². The Kier molecular flexibility index (Phi) is 6.47. The first-order valence-corrected chi connectivity index (χ1v) is 12.3. The number of nitrogens with zero attached hydrogens (tertiary/aromatic N) is 3. The summed E-state index contributed by atoms with van der Waals surface area (Å²) in [6, 6.07) is 0. The van der Waals surface area contributed by atoms with Crippen molar-refractivity contribution in [1.82, 2.24) is 19.5 Å². The summed E-state index contributed by atoms with van der Waals surface area (Å²) in [6.45, 7) is -0.817. The number of aliphatic hydroxyl groups excluding tert-OH is 1. The molecule has 0 saturated carbocycles. The van der Waals surface area contributed by atoms with Crippen LogP contribution in [0.5, 0.6) is 0 Å². The molecular weight excluding hydrogens is 477 g/mol. The van der Waals surface area contributed by atoms with Gasteiger partial charge in [0.15, 0.2) is 11.2 Å². The van der Waals surface area contributed by atoms with E-state index in [0.29, 0.717) is 0 Å². The maximum atomic E-state index is 11.7. The van der Waals surface area contributed by atoms with Gasteiger partial charge in [-0.2, -0.15) is 8.62 Å². The van der Waals surface area contributed by atoms with E-state index in [-0.39, 0.29) is 17.6 Å². The summed E-state index contributed by atoms with van der Waals surface area (Å²) in [5, 5.41) is 10.1. The first kappa shape index (κ1) is 23.3. The van der Waals surface area contributed by atoms with Crippen LogP contribution in [0.15, 0.2) is 17.4 Å². The molecule has 0 aromatic carbocycles. The molecule has 6 N–H and O–H groups in total. The summed E-state index contributed by atoms with van der Waals surface area (Å²) in [5.74, 6) is 0. The van der Waals surface area contributed by atoms with E-state index in [2.05, 4.69) is 28.1 Å². The number of hydrogen-bond donors (Lipinski definition) is 6. The van der Waals surface area contributed by atoms with Gasteiger partial charge in [0.2, 0.25) is 0 Å². The predicted molar refractivity (Wildman–Crippen MR) is 92.5 cm³/mol. The van der Waals surface area contributed by atoms with Gasteiger partial charge in [-0.15, -0.1) is 0 Å². The Bertz CT molecular complexity index is 1130. The number of fused-ring (bicyclic) bond motifs is 1. The van der Waals surface area contributed by atoms with E-state index < -0.39 is 54.1 Å². The fourth-order valence-corrected chi connectivity index (χ4v) is 5.61. The monoisotopic (exact) mass is 492 g/mol. The minimum Gasteiger partial charge on any atom is -0.390 e. The molecule has 0 bridgehead atoms. The van der Waals surface area contributed by atoms with Crippen LogP contribution in [0.25, 0.3) is 11.2 Å². The van der Waals surface area contributed by atoms with Crippen molar-refractivity contribution in [3.8, 4) is 0 Å². The number of H-pyrrole nitrogens is 1. The number of imidazole rings is 1. The van der Waals surface area contributed by atoms with Gasteiger partial charge >= 0.3 is 23.5 Å². The Balaban J connectivity index is 1.64. The van der Waals surface area contributed by atoms with Crippen LogP contribution in [-0.4, -0.2) is 63.0 Å². The molecule has 17 nitrogen and oxygen atoms in total. The van der Waals surface area contributed by atoms with Gasteiger partial charge in [-0.05, 0) is 0 Å². The fourth-order valence-electron chi connectivity index (χ4n) is 2.58. The molecule has 1 aliphatic heterocycles. The number of rotatable bonds is 8. The molecular formula is C10H15N4O13P3. The van der Waals surface area contributed by atoms with E-state index in [9.17, 15) is 28.5 Å². The van der Waals surface area contributed by atoms with E-state index in [1.54, 1.807) is 0 Å². The molecule has 1 aliphatic rings. The molecule has 0 radical (unpaired) electrons. The second-order valence-electron chi connectivity index (χ2n) is 5.87. The normalized spacial score (nSPS) is 26.5. The molecule has 2 aromatic heterocycles. The second kappa shape index (κ2) is 8.31. The van der Waals surface area contributed by atoms with Crippen molar-refractivity contribution >= 4 is 34.6 Å². The minimum absolute atomic E-state index is 0.0207. The third-order valence-electron chi connectivity index (χ3n) is 3.70. The summed E-state index contributed by atoms with van der Waals surface area (Å²) in [7, 11) is -16.5. The van der Waals surface area contributed by atoms with E-state index >= 15 is 0 Å². The number of aromatic amines is 1. The van der Waals surface area contributed by atoms with Gasteiger partial charge in [0.1, 0.15) is 12.3 Å². The Morgan fingerprint density at radius 3 is 2.53 bits per heavy atom. The van der Waals surface area contributed by atoms with Crippen LogP contribution >= 0.6 is 23.5 Å². The third kappa shape index (κ3) is 5.68. The third-order valence-corrected chi connectivity index (χ3v) is 7.50. The van der Waals surface area contributed by atoms with Crippen LogP contribution in [0.3, 0.4) is 0 Å². The number of phosphoric acid groups is 3. The van der Waals surface area contributed by atoms with Crippen molar-refractivity contribution < 1.29 is 56.3 Å². The lowest BCUT2D eigenvalue weighted by molar-refractivity contribution is -0.0423. The number of aliphatic hydroxyl groups is 1. The second-order valence-corrected chi connectivity index (χ2v) is 10.3. The topological polar surface area (TPSA) is 253 Å². The Hall–Kier alpha value is -1.32. The Morgan fingerprint density at radius 2 is 1.87 bits per heavy atom. The average Bonchev–Trinajstić information content (AvgIpc) is 3.14. The van der Waals surface area contributed by atoms with E-state index in [4.69, 9.17) is 19.4 Å². The zero-order valence-electron chi connectivity index (χ0n) is 14.5. The van der Waals surface area contributed by atoms with Gasteiger partial charge in [0.25, 0.3) is 5.56 Å². The summed E-state index contributed by atoms with van der Waals surface area (Å²) in [6.07, 6.45) is -1.00. The molecule has 5 unspecified atom stereocenters. The van der Waals surface area contributed by atoms with Gasteiger partial charge < -0.3 is 34.4 Å². The number of nitrogens with one attached hydrogen (secondary N) is 1. The van der Waals surface area contributed by atoms with E-state index in [0.717, 1.165) is 6.33 Å². The highest BCUT2D eigenvalue weighted by Crippen LogP contribution is 2.66. The zero-order chi connectivity index (χ0) is 22.3. The first-order valence-electron chi connectivity index (χ1n) is 7.78. The number of hydrogen-bond acceptors (Lipinski definition) is 11. The SMILES string of the molecule is O=c1[nH]cnc2c1ncn2C1CC(O)C(COP(=O)(O)OP(=O)(O)OP(=O)(O)O)O1. The number of phosphoric ester groups is 1.